The lowest BCUT2D eigenvalue weighted by atomic mass is 10.1. The van der Waals surface area contributed by atoms with Gasteiger partial charge in [0.25, 0.3) is 17.7 Å². The Hall–Kier alpha value is -3.79. The fourth-order valence-electron chi connectivity index (χ4n) is 4.88. The third-order valence-corrected chi connectivity index (χ3v) is 7.29. The minimum absolute atomic E-state index is 0.168. The van der Waals surface area contributed by atoms with Crippen molar-refractivity contribution in [3.63, 3.8) is 0 Å². The van der Waals surface area contributed by atoms with Crippen LogP contribution in [0.4, 0.5) is 0 Å². The van der Waals surface area contributed by atoms with Gasteiger partial charge in [0.1, 0.15) is 29.0 Å². The highest BCUT2D eigenvalue weighted by atomic mass is 16.5. The molecule has 2 atom stereocenters. The smallest absolute Gasteiger partial charge is 0.258 e. The number of likely N-dealkylation sites (tertiary alicyclic amines) is 1. The molecule has 0 spiro atoms. The van der Waals surface area contributed by atoms with Crippen molar-refractivity contribution in [2.24, 2.45) is 5.92 Å². The van der Waals surface area contributed by atoms with Gasteiger partial charge in [-0.1, -0.05) is 12.1 Å². The van der Waals surface area contributed by atoms with Crippen LogP contribution >= 0.6 is 0 Å². The fourth-order valence-corrected chi connectivity index (χ4v) is 4.88. The molecule has 2 aromatic rings. The summed E-state index contributed by atoms with van der Waals surface area (Å²) in [6, 6.07) is 11.8. The molecule has 4 bridgehead atoms. The van der Waals surface area contributed by atoms with Crippen molar-refractivity contribution in [3.05, 3.63) is 53.6 Å². The van der Waals surface area contributed by atoms with E-state index in [9.17, 15) is 14.4 Å². The standard InChI is InChI=1S/C30H37N3O7/c1-4-39-30(2,3)29(36)33-15-25-26(16-33)40-22-9-7-19(8-10-22)14-31-27(34)18-38-24-12-21(28(35)32-25)11-23(13-24)37-17-20-5-6-20/h7-13,20,25-26H,4-6,14-18H2,1-3H3,(H,31,34)(H,32,35)/t25-,26-/m0/s1. The molecule has 1 saturated heterocycles. The van der Waals surface area contributed by atoms with Crippen LogP contribution in [-0.4, -0.2) is 73.3 Å². The Morgan fingerprint density at radius 1 is 1.07 bits per heavy atom. The monoisotopic (exact) mass is 551 g/mol. The zero-order valence-electron chi connectivity index (χ0n) is 23.2. The first-order chi connectivity index (χ1) is 19.2. The Labute approximate surface area is 234 Å². The predicted octanol–water partition coefficient (Wildman–Crippen LogP) is 2.69. The molecule has 3 aliphatic heterocycles. The van der Waals surface area contributed by atoms with E-state index in [2.05, 4.69) is 10.6 Å². The van der Waals surface area contributed by atoms with Crippen molar-refractivity contribution in [1.29, 1.82) is 0 Å². The number of carbonyl (C=O) groups excluding carboxylic acids is 3. The average molecular weight is 552 g/mol. The third-order valence-electron chi connectivity index (χ3n) is 7.29. The van der Waals surface area contributed by atoms with Gasteiger partial charge in [-0.15, -0.1) is 0 Å². The lowest BCUT2D eigenvalue weighted by Crippen LogP contribution is -2.47. The SMILES string of the molecule is CCOC(C)(C)C(=O)N1C[C@@H]2NC(=O)c3cc(cc(OCC4CC4)c3)OCC(=O)NCc3ccc(cc3)O[C@H]2C1. The van der Waals surface area contributed by atoms with Gasteiger partial charge in [0.05, 0.1) is 19.2 Å². The zero-order chi connectivity index (χ0) is 28.3. The van der Waals surface area contributed by atoms with Gasteiger partial charge >= 0.3 is 0 Å². The Kier molecular flexibility index (Phi) is 8.16. The van der Waals surface area contributed by atoms with Crippen LogP contribution in [0.2, 0.25) is 0 Å². The van der Waals surface area contributed by atoms with Crippen LogP contribution in [0.3, 0.4) is 0 Å². The van der Waals surface area contributed by atoms with E-state index in [-0.39, 0.29) is 37.4 Å². The van der Waals surface area contributed by atoms with Crippen LogP contribution in [0.5, 0.6) is 17.2 Å². The maximum absolute atomic E-state index is 13.5. The van der Waals surface area contributed by atoms with Crippen LogP contribution in [-0.2, 0) is 20.9 Å². The molecule has 0 unspecified atom stereocenters. The molecule has 2 fully saturated rings. The van der Waals surface area contributed by atoms with Crippen LogP contribution in [0.25, 0.3) is 0 Å². The minimum atomic E-state index is -1.00. The lowest BCUT2D eigenvalue weighted by molar-refractivity contribution is -0.152. The number of hydrogen-bond donors (Lipinski definition) is 2. The van der Waals surface area contributed by atoms with E-state index in [1.165, 1.54) is 0 Å². The number of amides is 3. The molecule has 6 rings (SSSR count). The van der Waals surface area contributed by atoms with E-state index >= 15 is 0 Å². The van der Waals surface area contributed by atoms with Gasteiger partial charge in [-0.25, -0.2) is 0 Å². The molecular formula is C30H37N3O7. The molecule has 0 radical (unpaired) electrons. The third kappa shape index (κ3) is 6.85. The van der Waals surface area contributed by atoms with Gasteiger partial charge in [-0.3, -0.25) is 14.4 Å². The first kappa shape index (κ1) is 27.8. The number of ether oxygens (including phenoxy) is 4. The first-order valence-electron chi connectivity index (χ1n) is 13.9. The summed E-state index contributed by atoms with van der Waals surface area (Å²) in [6.45, 7) is 7.00. The zero-order valence-corrected chi connectivity index (χ0v) is 23.2. The molecule has 0 aromatic heterocycles. The number of nitrogens with one attached hydrogen (secondary N) is 2. The molecule has 40 heavy (non-hydrogen) atoms. The van der Waals surface area contributed by atoms with E-state index in [1.54, 1.807) is 36.9 Å². The number of hydrogen-bond acceptors (Lipinski definition) is 7. The van der Waals surface area contributed by atoms with Crippen molar-refractivity contribution in [1.82, 2.24) is 15.5 Å². The van der Waals surface area contributed by atoms with Crippen LogP contribution < -0.4 is 24.8 Å². The van der Waals surface area contributed by atoms with Crippen molar-refractivity contribution in [2.45, 2.75) is 57.9 Å². The Balaban J connectivity index is 1.43. The van der Waals surface area contributed by atoms with Crippen LogP contribution in [0.1, 0.15) is 49.5 Å². The summed E-state index contributed by atoms with van der Waals surface area (Å²) >= 11 is 0. The van der Waals surface area contributed by atoms with E-state index in [0.29, 0.717) is 48.5 Å². The normalized spacial score (nSPS) is 21.4. The molecule has 10 nitrogen and oxygen atoms in total. The van der Waals surface area contributed by atoms with Gasteiger partial charge in [0, 0.05) is 31.3 Å². The van der Waals surface area contributed by atoms with Crippen molar-refractivity contribution >= 4 is 17.7 Å². The summed E-state index contributed by atoms with van der Waals surface area (Å²) in [6.07, 6.45) is 1.77. The highest BCUT2D eigenvalue weighted by Crippen LogP contribution is 2.31. The molecule has 1 aliphatic carbocycles. The second-order valence-electron chi connectivity index (χ2n) is 11.0. The molecule has 10 heteroatoms. The predicted molar refractivity (Wildman–Crippen MR) is 146 cm³/mol. The number of rotatable bonds is 6. The summed E-state index contributed by atoms with van der Waals surface area (Å²) in [5, 5.41) is 5.91. The molecule has 2 aromatic carbocycles. The number of carbonyl (C=O) groups is 3. The van der Waals surface area contributed by atoms with Crippen molar-refractivity contribution in [3.8, 4) is 17.2 Å². The molecule has 214 valence electrons. The van der Waals surface area contributed by atoms with Crippen molar-refractivity contribution < 1.29 is 33.3 Å². The van der Waals surface area contributed by atoms with Gasteiger partial charge < -0.3 is 34.5 Å². The van der Waals surface area contributed by atoms with Gasteiger partial charge in [0.2, 0.25) is 0 Å². The maximum Gasteiger partial charge on any atom is 0.258 e. The molecule has 3 amide bonds. The molecule has 2 N–H and O–H groups in total. The van der Waals surface area contributed by atoms with Gasteiger partial charge in [0.15, 0.2) is 6.61 Å². The fraction of sp³-hybridized carbons (Fsp3) is 0.500. The van der Waals surface area contributed by atoms with Crippen LogP contribution in [0.15, 0.2) is 42.5 Å². The van der Waals surface area contributed by atoms with Crippen LogP contribution in [0, 0.1) is 5.92 Å². The van der Waals surface area contributed by atoms with Crippen molar-refractivity contribution in [2.75, 3.05) is 32.9 Å². The van der Waals surface area contributed by atoms with E-state index in [0.717, 1.165) is 18.4 Å². The van der Waals surface area contributed by atoms with E-state index < -0.39 is 17.7 Å². The van der Waals surface area contributed by atoms with Gasteiger partial charge in [-0.2, -0.15) is 0 Å². The minimum Gasteiger partial charge on any atom is -0.493 e. The second-order valence-corrected chi connectivity index (χ2v) is 11.0. The number of fused-ring (bicyclic) bond motifs is 7. The summed E-state index contributed by atoms with van der Waals surface area (Å²) < 4.78 is 23.7. The first-order valence-corrected chi connectivity index (χ1v) is 13.9. The average Bonchev–Trinajstić information content (AvgIpc) is 3.69. The van der Waals surface area contributed by atoms with E-state index in [1.807, 2.05) is 31.2 Å². The topological polar surface area (TPSA) is 115 Å². The number of nitrogens with zero attached hydrogens (tertiary/aromatic N) is 1. The molecule has 3 heterocycles. The largest absolute Gasteiger partial charge is 0.493 e. The summed E-state index contributed by atoms with van der Waals surface area (Å²) in [5.74, 6) is 1.17. The molecule has 1 saturated carbocycles. The number of benzene rings is 2. The molecular weight excluding hydrogens is 514 g/mol. The molecule has 4 aliphatic rings. The highest BCUT2D eigenvalue weighted by Gasteiger charge is 2.43. The quantitative estimate of drug-likeness (QED) is 0.567. The second kappa shape index (κ2) is 11.8. The van der Waals surface area contributed by atoms with E-state index in [4.69, 9.17) is 18.9 Å². The summed E-state index contributed by atoms with van der Waals surface area (Å²) in [4.78, 5) is 41.0. The van der Waals surface area contributed by atoms with Gasteiger partial charge in [-0.05, 0) is 69.4 Å². The Morgan fingerprint density at radius 3 is 2.58 bits per heavy atom. The Bertz CT molecular complexity index is 1240. The summed E-state index contributed by atoms with van der Waals surface area (Å²) in [7, 11) is 0. The maximum atomic E-state index is 13.5. The lowest BCUT2D eigenvalue weighted by Gasteiger charge is -2.28. The summed E-state index contributed by atoms with van der Waals surface area (Å²) in [5.41, 5.74) is 0.224. The Morgan fingerprint density at radius 2 is 1.85 bits per heavy atom. The highest BCUT2D eigenvalue weighted by molar-refractivity contribution is 5.95.